The summed E-state index contributed by atoms with van der Waals surface area (Å²) in [5, 5.41) is 8.97. The normalized spacial score (nSPS) is 13.5. The first kappa shape index (κ1) is 20.5. The second-order valence-electron chi connectivity index (χ2n) is 6.99. The molecular weight excluding hydrogens is 418 g/mol. The van der Waals surface area contributed by atoms with Crippen molar-refractivity contribution in [2.75, 3.05) is 16.8 Å². The van der Waals surface area contributed by atoms with E-state index in [2.05, 4.69) is 20.5 Å². The molecule has 31 heavy (non-hydrogen) atoms. The topological polar surface area (TPSA) is 91.0 Å². The van der Waals surface area contributed by atoms with Gasteiger partial charge >= 0.3 is 6.18 Å². The van der Waals surface area contributed by atoms with Crippen LogP contribution in [0.2, 0.25) is 0 Å². The van der Waals surface area contributed by atoms with Gasteiger partial charge in [0.25, 0.3) is 0 Å². The lowest BCUT2D eigenvalue weighted by atomic mass is 10.1. The predicted molar refractivity (Wildman–Crippen MR) is 103 cm³/mol. The first-order chi connectivity index (χ1) is 14.6. The van der Waals surface area contributed by atoms with Gasteiger partial charge in [-0.05, 0) is 37.3 Å². The zero-order valence-corrected chi connectivity index (χ0v) is 16.0. The molecule has 0 atom stereocenters. The molecule has 1 aliphatic heterocycles. The van der Waals surface area contributed by atoms with Crippen LogP contribution in [0.3, 0.4) is 0 Å². The summed E-state index contributed by atoms with van der Waals surface area (Å²) >= 11 is 0. The van der Waals surface area contributed by atoms with Crippen LogP contribution in [-0.2, 0) is 22.2 Å². The molecule has 0 saturated carbocycles. The van der Waals surface area contributed by atoms with E-state index in [4.69, 9.17) is 0 Å². The minimum atomic E-state index is -4.49. The van der Waals surface area contributed by atoms with Crippen molar-refractivity contribution in [2.45, 2.75) is 19.5 Å². The summed E-state index contributed by atoms with van der Waals surface area (Å²) in [5.74, 6) is -1.94. The van der Waals surface area contributed by atoms with Gasteiger partial charge in [-0.25, -0.2) is 4.98 Å². The summed E-state index contributed by atoms with van der Waals surface area (Å²) in [6.45, 7) is 1.09. The number of benzene rings is 1. The first-order valence-corrected chi connectivity index (χ1v) is 9.10. The number of amides is 2. The van der Waals surface area contributed by atoms with Crippen molar-refractivity contribution in [3.63, 3.8) is 0 Å². The van der Waals surface area contributed by atoms with Crippen LogP contribution in [0.5, 0.6) is 0 Å². The molecule has 160 valence electrons. The van der Waals surface area contributed by atoms with E-state index in [1.807, 2.05) is 0 Å². The maximum atomic E-state index is 14.7. The number of hydrogen-bond acceptors (Lipinski definition) is 4. The van der Waals surface area contributed by atoms with E-state index in [0.717, 1.165) is 29.2 Å². The molecule has 7 nitrogen and oxygen atoms in total. The van der Waals surface area contributed by atoms with Crippen molar-refractivity contribution in [3.8, 4) is 11.1 Å². The Labute approximate surface area is 173 Å². The Morgan fingerprint density at radius 3 is 2.65 bits per heavy atom. The third-order valence-electron chi connectivity index (χ3n) is 4.79. The zero-order chi connectivity index (χ0) is 22.3. The second kappa shape index (κ2) is 7.49. The lowest BCUT2D eigenvalue weighted by molar-refractivity contribution is -0.137. The van der Waals surface area contributed by atoms with Crippen molar-refractivity contribution in [3.05, 3.63) is 59.4 Å². The number of halogens is 4. The molecule has 0 radical (unpaired) electrons. The quantitative estimate of drug-likeness (QED) is 0.489. The van der Waals surface area contributed by atoms with Crippen molar-refractivity contribution in [2.24, 2.45) is 0 Å². The van der Waals surface area contributed by atoms with E-state index in [0.29, 0.717) is 17.0 Å². The van der Waals surface area contributed by atoms with Crippen LogP contribution in [0.1, 0.15) is 17.0 Å². The highest BCUT2D eigenvalue weighted by Gasteiger charge is 2.32. The van der Waals surface area contributed by atoms with Crippen molar-refractivity contribution in [1.82, 2.24) is 15.2 Å². The van der Waals surface area contributed by atoms with Crippen molar-refractivity contribution >= 4 is 23.2 Å². The Balaban J connectivity index is 1.62. The zero-order valence-electron chi connectivity index (χ0n) is 16.0. The van der Waals surface area contributed by atoms with Crippen LogP contribution in [0, 0.1) is 12.9 Å². The molecule has 1 aliphatic rings. The molecule has 3 aromatic rings. The molecule has 1 aromatic carbocycles. The molecule has 0 bridgehead atoms. The van der Waals surface area contributed by atoms with E-state index in [1.165, 1.54) is 12.3 Å². The molecule has 0 aliphatic carbocycles. The number of aromatic amines is 1. The molecule has 2 amide bonds. The number of aryl methyl sites for hydroxylation is 1. The maximum Gasteiger partial charge on any atom is 0.416 e. The van der Waals surface area contributed by atoms with Gasteiger partial charge in [-0.1, -0.05) is 0 Å². The number of nitrogens with zero attached hydrogens (tertiary/aromatic N) is 3. The van der Waals surface area contributed by atoms with Crippen LogP contribution in [0.25, 0.3) is 11.1 Å². The van der Waals surface area contributed by atoms with E-state index in [-0.39, 0.29) is 23.4 Å². The molecule has 0 saturated heterocycles. The second-order valence-corrected chi connectivity index (χ2v) is 6.99. The van der Waals surface area contributed by atoms with Crippen LogP contribution >= 0.6 is 0 Å². The molecule has 11 heteroatoms. The summed E-state index contributed by atoms with van der Waals surface area (Å²) in [5.41, 5.74) is 0.562. The van der Waals surface area contributed by atoms with Gasteiger partial charge in [-0.15, -0.1) is 0 Å². The SMILES string of the molecule is Cc1cc2c(c(F)n1)-c1cn[nH]c1CC(=O)N2CC(=O)Nc1ccc(C(F)(F)F)cc1. The van der Waals surface area contributed by atoms with E-state index >= 15 is 0 Å². The van der Waals surface area contributed by atoms with Gasteiger partial charge in [-0.2, -0.15) is 22.7 Å². The minimum Gasteiger partial charge on any atom is -0.325 e. The van der Waals surface area contributed by atoms with Gasteiger partial charge in [-0.3, -0.25) is 14.7 Å². The number of nitrogens with one attached hydrogen (secondary N) is 2. The number of fused-ring (bicyclic) bond motifs is 3. The maximum absolute atomic E-state index is 14.7. The highest BCUT2D eigenvalue weighted by molar-refractivity contribution is 6.07. The molecule has 2 aromatic heterocycles. The summed E-state index contributed by atoms with van der Waals surface area (Å²) in [6.07, 6.45) is -3.26. The smallest absolute Gasteiger partial charge is 0.325 e. The lowest BCUT2D eigenvalue weighted by Gasteiger charge is -2.23. The Morgan fingerprint density at radius 1 is 1.26 bits per heavy atom. The number of pyridine rings is 1. The molecule has 0 fully saturated rings. The highest BCUT2D eigenvalue weighted by atomic mass is 19.4. The van der Waals surface area contributed by atoms with Crippen molar-refractivity contribution < 1.29 is 27.2 Å². The molecule has 0 unspecified atom stereocenters. The van der Waals surface area contributed by atoms with E-state index < -0.39 is 36.0 Å². The van der Waals surface area contributed by atoms with Gasteiger partial charge in [0, 0.05) is 16.9 Å². The summed E-state index contributed by atoms with van der Waals surface area (Å²) in [4.78, 5) is 30.3. The van der Waals surface area contributed by atoms with Gasteiger partial charge in [0.15, 0.2) is 0 Å². The fourth-order valence-electron chi connectivity index (χ4n) is 3.38. The van der Waals surface area contributed by atoms with Gasteiger partial charge < -0.3 is 10.2 Å². The third-order valence-corrected chi connectivity index (χ3v) is 4.79. The van der Waals surface area contributed by atoms with E-state index in [9.17, 15) is 27.2 Å². The minimum absolute atomic E-state index is 0.0440. The highest BCUT2D eigenvalue weighted by Crippen LogP contribution is 2.38. The van der Waals surface area contributed by atoms with Crippen LogP contribution in [0.4, 0.5) is 28.9 Å². The number of H-pyrrole nitrogens is 1. The first-order valence-electron chi connectivity index (χ1n) is 9.10. The molecule has 2 N–H and O–H groups in total. The van der Waals surface area contributed by atoms with Crippen LogP contribution in [-0.4, -0.2) is 33.5 Å². The fraction of sp³-hybridized carbons (Fsp3) is 0.200. The van der Waals surface area contributed by atoms with E-state index in [1.54, 1.807) is 6.92 Å². The average molecular weight is 433 g/mol. The molecular formula is C20H15F4N5O2. The van der Waals surface area contributed by atoms with Gasteiger partial charge in [0.05, 0.1) is 35.1 Å². The largest absolute Gasteiger partial charge is 0.416 e. The number of carbonyl (C=O) groups is 2. The number of carbonyl (C=O) groups excluding carboxylic acids is 2. The molecule has 3 heterocycles. The molecule has 4 rings (SSSR count). The molecule has 0 spiro atoms. The Bertz CT molecular complexity index is 1170. The monoisotopic (exact) mass is 433 g/mol. The summed E-state index contributed by atoms with van der Waals surface area (Å²) in [6, 6.07) is 5.40. The predicted octanol–water partition coefficient (Wildman–Crippen LogP) is 3.47. The number of alkyl halides is 3. The van der Waals surface area contributed by atoms with Crippen LogP contribution < -0.4 is 10.2 Å². The number of anilines is 2. The Morgan fingerprint density at radius 2 is 1.97 bits per heavy atom. The summed E-state index contributed by atoms with van der Waals surface area (Å²) in [7, 11) is 0. The Hall–Kier alpha value is -3.76. The van der Waals surface area contributed by atoms with Crippen LogP contribution in [0.15, 0.2) is 36.5 Å². The van der Waals surface area contributed by atoms with Gasteiger partial charge in [0.1, 0.15) is 6.54 Å². The average Bonchev–Trinajstić information content (AvgIpc) is 3.08. The summed E-state index contributed by atoms with van der Waals surface area (Å²) < 4.78 is 52.8. The Kier molecular flexibility index (Phi) is 4.96. The fourth-order valence-corrected chi connectivity index (χ4v) is 3.38. The number of rotatable bonds is 3. The standard InChI is InChI=1S/C20H15F4N5O2/c1-10-6-15-18(19(21)26-10)13-8-25-28-14(13)7-17(31)29(15)9-16(30)27-12-4-2-11(3-5-12)20(22,23)24/h2-6,8H,7,9H2,1H3,(H,25,28)(H,27,30). The lowest BCUT2D eigenvalue weighted by Crippen LogP contribution is -2.39. The van der Waals surface area contributed by atoms with Gasteiger partial charge in [0.2, 0.25) is 17.8 Å². The number of aromatic nitrogens is 3. The van der Waals surface area contributed by atoms with Crippen molar-refractivity contribution in [1.29, 1.82) is 0 Å². The number of hydrogen-bond donors (Lipinski definition) is 2. The third kappa shape index (κ3) is 3.98.